The minimum absolute atomic E-state index is 0. The third kappa shape index (κ3) is 4.56. The van der Waals surface area contributed by atoms with Gasteiger partial charge in [-0.1, -0.05) is 5.16 Å². The molecule has 0 aliphatic rings. The van der Waals surface area contributed by atoms with Crippen LogP contribution in [0.4, 0.5) is 0 Å². The van der Waals surface area contributed by atoms with Gasteiger partial charge < -0.3 is 9.84 Å². The quantitative estimate of drug-likeness (QED) is 0.664. The molecule has 0 aromatic carbocycles. The van der Waals surface area contributed by atoms with E-state index < -0.39 is 0 Å². The van der Waals surface area contributed by atoms with E-state index in [1.165, 1.54) is 11.3 Å². The smallest absolute Gasteiger partial charge is 0.258 e. The van der Waals surface area contributed by atoms with Crippen molar-refractivity contribution in [3.8, 4) is 0 Å². The zero-order valence-electron chi connectivity index (χ0n) is 13.3. The number of nitrogens with zero attached hydrogens (tertiary/aromatic N) is 4. The molecule has 3 aromatic rings. The van der Waals surface area contributed by atoms with Crippen LogP contribution in [0.15, 0.2) is 27.0 Å². The minimum Gasteiger partial charge on any atom is -0.338 e. The Morgan fingerprint density at radius 1 is 1.42 bits per heavy atom. The SMILES string of the molecule is CNC(C)Cc1noc(CSCc2cc(=O)n3ccsc3n2)n1.Cl. The fourth-order valence-electron chi connectivity index (χ4n) is 2.01. The number of hydrogen-bond acceptors (Lipinski definition) is 8. The van der Waals surface area contributed by atoms with Crippen LogP contribution in [-0.2, 0) is 17.9 Å². The summed E-state index contributed by atoms with van der Waals surface area (Å²) in [6.07, 6.45) is 2.47. The summed E-state index contributed by atoms with van der Waals surface area (Å²) < 4.78 is 6.78. The second-order valence-electron chi connectivity index (χ2n) is 5.13. The molecule has 3 aromatic heterocycles. The monoisotopic (exact) mass is 387 g/mol. The molecule has 24 heavy (non-hydrogen) atoms. The molecular formula is C14H18ClN5O2S2. The Morgan fingerprint density at radius 2 is 2.25 bits per heavy atom. The number of rotatable bonds is 7. The van der Waals surface area contributed by atoms with E-state index in [-0.39, 0.29) is 18.0 Å². The van der Waals surface area contributed by atoms with Crippen molar-refractivity contribution in [2.75, 3.05) is 7.05 Å². The first kappa shape index (κ1) is 18.9. The molecule has 1 atom stereocenters. The van der Waals surface area contributed by atoms with E-state index in [0.29, 0.717) is 34.2 Å². The number of thioether (sulfide) groups is 1. The van der Waals surface area contributed by atoms with E-state index in [9.17, 15) is 4.79 Å². The molecule has 0 saturated heterocycles. The van der Waals surface area contributed by atoms with Crippen LogP contribution >= 0.6 is 35.5 Å². The Bertz CT molecular complexity index is 847. The average molecular weight is 388 g/mol. The molecule has 130 valence electrons. The van der Waals surface area contributed by atoms with Crippen LogP contribution in [0.2, 0.25) is 0 Å². The second kappa shape index (κ2) is 8.61. The molecule has 0 spiro atoms. The molecule has 1 unspecified atom stereocenters. The molecule has 0 radical (unpaired) electrons. The van der Waals surface area contributed by atoms with Gasteiger partial charge in [0.1, 0.15) is 0 Å². The highest BCUT2D eigenvalue weighted by molar-refractivity contribution is 7.97. The summed E-state index contributed by atoms with van der Waals surface area (Å²) in [5.41, 5.74) is 0.721. The number of likely N-dealkylation sites (N-methyl/N-ethyl adjacent to an activating group) is 1. The Hall–Kier alpha value is -1.42. The Morgan fingerprint density at radius 3 is 3.04 bits per heavy atom. The van der Waals surface area contributed by atoms with Crippen molar-refractivity contribution in [2.24, 2.45) is 0 Å². The molecule has 3 rings (SSSR count). The lowest BCUT2D eigenvalue weighted by Crippen LogP contribution is -2.24. The molecule has 0 amide bonds. The zero-order valence-corrected chi connectivity index (χ0v) is 15.7. The normalized spacial score (nSPS) is 12.2. The summed E-state index contributed by atoms with van der Waals surface area (Å²) in [6.45, 7) is 2.07. The third-order valence-corrected chi connectivity index (χ3v) is 5.03. The summed E-state index contributed by atoms with van der Waals surface area (Å²) in [7, 11) is 1.90. The van der Waals surface area contributed by atoms with Crippen molar-refractivity contribution in [3.05, 3.63) is 45.4 Å². The van der Waals surface area contributed by atoms with Gasteiger partial charge in [0, 0.05) is 35.9 Å². The number of fused-ring (bicyclic) bond motifs is 1. The predicted octanol–water partition coefficient (Wildman–Crippen LogP) is 2.14. The van der Waals surface area contributed by atoms with Crippen molar-refractivity contribution < 1.29 is 4.52 Å². The Labute approximate surface area is 153 Å². The maximum Gasteiger partial charge on any atom is 0.258 e. The molecule has 0 saturated carbocycles. The van der Waals surface area contributed by atoms with Crippen LogP contribution in [0.5, 0.6) is 0 Å². The van der Waals surface area contributed by atoms with E-state index in [1.54, 1.807) is 28.4 Å². The number of aromatic nitrogens is 4. The Balaban J connectivity index is 0.00000208. The van der Waals surface area contributed by atoms with Crippen molar-refractivity contribution in [3.63, 3.8) is 0 Å². The van der Waals surface area contributed by atoms with E-state index in [1.807, 2.05) is 12.4 Å². The van der Waals surface area contributed by atoms with Gasteiger partial charge in [-0.25, -0.2) is 4.98 Å². The van der Waals surface area contributed by atoms with Crippen LogP contribution in [0, 0.1) is 0 Å². The third-order valence-electron chi connectivity index (χ3n) is 3.32. The number of thiazole rings is 1. The lowest BCUT2D eigenvalue weighted by atomic mass is 10.2. The minimum atomic E-state index is -0.0482. The van der Waals surface area contributed by atoms with Gasteiger partial charge in [-0.15, -0.1) is 35.5 Å². The molecule has 7 nitrogen and oxygen atoms in total. The second-order valence-corrected chi connectivity index (χ2v) is 6.99. The fourth-order valence-corrected chi connectivity index (χ4v) is 3.50. The zero-order chi connectivity index (χ0) is 16.2. The highest BCUT2D eigenvalue weighted by Gasteiger charge is 2.10. The van der Waals surface area contributed by atoms with Crippen LogP contribution in [-0.4, -0.2) is 32.6 Å². The largest absolute Gasteiger partial charge is 0.338 e. The summed E-state index contributed by atoms with van der Waals surface area (Å²) in [5, 5.41) is 8.96. The van der Waals surface area contributed by atoms with Crippen LogP contribution in [0.3, 0.4) is 0 Å². The van der Waals surface area contributed by atoms with Gasteiger partial charge in [0.25, 0.3) is 5.56 Å². The molecule has 3 heterocycles. The van der Waals surface area contributed by atoms with Crippen molar-refractivity contribution in [1.29, 1.82) is 0 Å². The topological polar surface area (TPSA) is 85.3 Å². The van der Waals surface area contributed by atoms with Gasteiger partial charge in [-0.3, -0.25) is 9.20 Å². The summed E-state index contributed by atoms with van der Waals surface area (Å²) in [4.78, 5) is 21.5. The highest BCUT2D eigenvalue weighted by Crippen LogP contribution is 2.16. The molecule has 0 fully saturated rings. The van der Waals surface area contributed by atoms with Gasteiger partial charge in [0.05, 0.1) is 11.4 Å². The lowest BCUT2D eigenvalue weighted by molar-refractivity contribution is 0.382. The molecule has 0 bridgehead atoms. The van der Waals surface area contributed by atoms with E-state index >= 15 is 0 Å². The Kier molecular flexibility index (Phi) is 6.79. The molecular weight excluding hydrogens is 370 g/mol. The van der Waals surface area contributed by atoms with Gasteiger partial charge in [0.2, 0.25) is 5.89 Å². The number of nitrogens with one attached hydrogen (secondary N) is 1. The summed E-state index contributed by atoms with van der Waals surface area (Å²) in [5.74, 6) is 2.54. The molecule has 0 aliphatic carbocycles. The van der Waals surface area contributed by atoms with Crippen molar-refractivity contribution >= 4 is 40.5 Å². The van der Waals surface area contributed by atoms with E-state index in [2.05, 4.69) is 27.4 Å². The standard InChI is InChI=1S/C14H17N5O2S2.ClH/c1-9(15-2)5-11-17-12(21-18-11)8-22-7-10-6-13(20)19-3-4-23-14(19)16-10;/h3-4,6,9,15H,5,7-8H2,1-2H3;1H. The first-order valence-electron chi connectivity index (χ1n) is 7.18. The van der Waals surface area contributed by atoms with Crippen LogP contribution in [0.1, 0.15) is 24.3 Å². The first-order chi connectivity index (χ1) is 11.2. The summed E-state index contributed by atoms with van der Waals surface area (Å²) in [6, 6.07) is 1.88. The van der Waals surface area contributed by atoms with Gasteiger partial charge in [-0.2, -0.15) is 4.98 Å². The van der Waals surface area contributed by atoms with Gasteiger partial charge in [-0.05, 0) is 14.0 Å². The van der Waals surface area contributed by atoms with Crippen molar-refractivity contribution in [1.82, 2.24) is 24.8 Å². The van der Waals surface area contributed by atoms with Crippen LogP contribution in [0.25, 0.3) is 4.96 Å². The van der Waals surface area contributed by atoms with E-state index in [4.69, 9.17) is 4.52 Å². The van der Waals surface area contributed by atoms with Gasteiger partial charge in [0.15, 0.2) is 10.8 Å². The van der Waals surface area contributed by atoms with Crippen LogP contribution < -0.4 is 10.9 Å². The average Bonchev–Trinajstić information content (AvgIpc) is 3.16. The maximum atomic E-state index is 11.9. The molecule has 10 heteroatoms. The lowest BCUT2D eigenvalue weighted by Gasteiger charge is -2.04. The highest BCUT2D eigenvalue weighted by atomic mass is 35.5. The first-order valence-corrected chi connectivity index (χ1v) is 9.21. The number of halogens is 1. The molecule has 1 N–H and O–H groups in total. The van der Waals surface area contributed by atoms with Gasteiger partial charge >= 0.3 is 0 Å². The van der Waals surface area contributed by atoms with E-state index in [0.717, 1.165) is 12.1 Å². The molecule has 0 aliphatic heterocycles. The summed E-state index contributed by atoms with van der Waals surface area (Å²) >= 11 is 3.05. The number of hydrogen-bond donors (Lipinski definition) is 1. The predicted molar refractivity (Wildman–Crippen MR) is 98.1 cm³/mol. The fraction of sp³-hybridized carbons (Fsp3) is 0.429. The van der Waals surface area contributed by atoms with Crippen molar-refractivity contribution in [2.45, 2.75) is 30.9 Å². The maximum absolute atomic E-state index is 11.9.